The molecule has 0 radical (unpaired) electrons. The van der Waals surface area contributed by atoms with Crippen molar-refractivity contribution in [3.63, 3.8) is 0 Å². The van der Waals surface area contributed by atoms with Gasteiger partial charge in [0.1, 0.15) is 11.5 Å². The molecule has 0 saturated carbocycles. The molecule has 7 nitrogen and oxygen atoms in total. The van der Waals surface area contributed by atoms with E-state index in [0.717, 1.165) is 72.4 Å². The van der Waals surface area contributed by atoms with Crippen LogP contribution in [0, 0.1) is 13.8 Å². The van der Waals surface area contributed by atoms with Crippen LogP contribution in [0.1, 0.15) is 34.1 Å². The van der Waals surface area contributed by atoms with Crippen LogP contribution in [0.15, 0.2) is 109 Å². The number of aryl methyl sites for hydroxylation is 2. The quantitative estimate of drug-likeness (QED) is 0.207. The zero-order chi connectivity index (χ0) is 28.7. The number of nitrogens with zero attached hydrogens (tertiary/aromatic N) is 6. The lowest BCUT2D eigenvalue weighted by Crippen LogP contribution is -2.48. The molecule has 1 aromatic heterocycles. The van der Waals surface area contributed by atoms with Gasteiger partial charge >= 0.3 is 0 Å². The van der Waals surface area contributed by atoms with E-state index < -0.39 is 0 Å². The average molecular weight is 557 g/mol. The molecular weight excluding hydrogens is 520 g/mol. The summed E-state index contributed by atoms with van der Waals surface area (Å²) >= 11 is 0. The molecule has 1 aliphatic heterocycles. The van der Waals surface area contributed by atoms with E-state index in [1.54, 1.807) is 0 Å². The van der Waals surface area contributed by atoms with Gasteiger partial charge in [-0.2, -0.15) is 4.68 Å². The van der Waals surface area contributed by atoms with Crippen molar-refractivity contribution >= 4 is 6.08 Å². The van der Waals surface area contributed by atoms with Crippen molar-refractivity contribution in [1.82, 2.24) is 30.0 Å². The molecule has 5 aromatic rings. The maximum Gasteiger partial charge on any atom is 0.178 e. The second-order valence-electron chi connectivity index (χ2n) is 10.7. The Balaban J connectivity index is 1.29. The topological polar surface area (TPSA) is 59.3 Å². The van der Waals surface area contributed by atoms with E-state index >= 15 is 0 Å². The molecule has 7 heteroatoms. The van der Waals surface area contributed by atoms with Crippen molar-refractivity contribution in [2.24, 2.45) is 0 Å². The van der Waals surface area contributed by atoms with Crippen LogP contribution in [0.2, 0.25) is 0 Å². The summed E-state index contributed by atoms with van der Waals surface area (Å²) in [5, 5.41) is 13.3. The summed E-state index contributed by atoms with van der Waals surface area (Å²) in [6.07, 6.45) is 4.46. The molecule has 212 valence electrons. The van der Waals surface area contributed by atoms with E-state index in [-0.39, 0.29) is 6.04 Å². The van der Waals surface area contributed by atoms with Crippen molar-refractivity contribution in [2.45, 2.75) is 19.9 Å². The minimum Gasteiger partial charge on any atom is -0.457 e. The first-order valence-corrected chi connectivity index (χ1v) is 14.5. The second-order valence-corrected chi connectivity index (χ2v) is 10.7. The Labute approximate surface area is 247 Å². The largest absolute Gasteiger partial charge is 0.457 e. The molecule has 0 aliphatic carbocycles. The maximum atomic E-state index is 6.23. The van der Waals surface area contributed by atoms with Gasteiger partial charge in [0.15, 0.2) is 5.82 Å². The highest BCUT2D eigenvalue weighted by Gasteiger charge is 2.31. The third-order valence-electron chi connectivity index (χ3n) is 7.79. The number of aromatic nitrogens is 4. The Hall–Kier alpha value is -4.59. The van der Waals surface area contributed by atoms with Crippen molar-refractivity contribution in [2.75, 3.05) is 32.7 Å². The average Bonchev–Trinajstić information content (AvgIpc) is 3.48. The number of benzene rings is 4. The van der Waals surface area contributed by atoms with Crippen LogP contribution in [0.5, 0.6) is 11.5 Å². The van der Waals surface area contributed by atoms with Gasteiger partial charge in [-0.05, 0) is 70.8 Å². The van der Waals surface area contributed by atoms with E-state index in [0.29, 0.717) is 0 Å². The summed E-state index contributed by atoms with van der Waals surface area (Å²) < 4.78 is 8.16. The molecule has 0 bridgehead atoms. The van der Waals surface area contributed by atoms with Gasteiger partial charge in [-0.3, -0.25) is 9.80 Å². The van der Waals surface area contributed by atoms with Crippen LogP contribution in [0.3, 0.4) is 0 Å². The maximum absolute atomic E-state index is 6.23. The van der Waals surface area contributed by atoms with Gasteiger partial charge in [-0.1, -0.05) is 91.0 Å². The number of piperazine rings is 1. The first-order chi connectivity index (χ1) is 20.7. The standard InChI is InChI=1S/C35H36N6O/c1-27-12-9-13-28(2)33(27)41-35(36-37-38-41)34(30-17-10-20-32(26-30)42-31-18-7-4-8-19-31)40-24-22-39(23-25-40)21-11-16-29-14-5-3-6-15-29/h3-20,26,34H,21-25H2,1-2H3/b16-11+/t34-/m0/s1. The van der Waals surface area contributed by atoms with Crippen molar-refractivity contribution in [3.8, 4) is 17.2 Å². The summed E-state index contributed by atoms with van der Waals surface area (Å²) in [5.41, 5.74) is 5.64. The monoisotopic (exact) mass is 556 g/mol. The zero-order valence-corrected chi connectivity index (χ0v) is 24.2. The van der Waals surface area contributed by atoms with E-state index in [1.807, 2.05) is 47.1 Å². The molecule has 2 heterocycles. The molecule has 0 unspecified atom stereocenters. The zero-order valence-electron chi connectivity index (χ0n) is 24.2. The van der Waals surface area contributed by atoms with Gasteiger partial charge in [0.25, 0.3) is 0 Å². The Morgan fingerprint density at radius 2 is 1.43 bits per heavy atom. The Morgan fingerprint density at radius 3 is 2.17 bits per heavy atom. The van der Waals surface area contributed by atoms with Crippen molar-refractivity contribution < 1.29 is 4.74 Å². The van der Waals surface area contributed by atoms with Gasteiger partial charge in [0.2, 0.25) is 0 Å². The molecule has 6 rings (SSSR count). The van der Waals surface area contributed by atoms with Crippen molar-refractivity contribution in [3.05, 3.63) is 137 Å². The fourth-order valence-corrected chi connectivity index (χ4v) is 5.67. The highest BCUT2D eigenvalue weighted by Crippen LogP contribution is 2.33. The van der Waals surface area contributed by atoms with Gasteiger partial charge < -0.3 is 4.74 Å². The predicted octanol–water partition coefficient (Wildman–Crippen LogP) is 6.49. The third kappa shape index (κ3) is 6.33. The molecule has 1 fully saturated rings. The minimum atomic E-state index is -0.139. The molecule has 0 amide bonds. The van der Waals surface area contributed by atoms with Crippen LogP contribution in [0.4, 0.5) is 0 Å². The van der Waals surface area contributed by atoms with Gasteiger partial charge in [-0.15, -0.1) is 5.10 Å². The number of ether oxygens (including phenoxy) is 1. The lowest BCUT2D eigenvalue weighted by atomic mass is 10.0. The molecular formula is C35H36N6O. The van der Waals surface area contributed by atoms with Gasteiger partial charge in [0.05, 0.1) is 11.7 Å². The van der Waals surface area contributed by atoms with Crippen molar-refractivity contribution in [1.29, 1.82) is 0 Å². The Kier molecular flexibility index (Phi) is 8.49. The molecule has 42 heavy (non-hydrogen) atoms. The van der Waals surface area contributed by atoms with E-state index in [1.165, 1.54) is 5.56 Å². The van der Waals surface area contributed by atoms with Crippen LogP contribution >= 0.6 is 0 Å². The van der Waals surface area contributed by atoms with Crippen LogP contribution < -0.4 is 4.74 Å². The summed E-state index contributed by atoms with van der Waals surface area (Å²) in [5.74, 6) is 2.41. The van der Waals surface area contributed by atoms with E-state index in [2.05, 4.69) is 112 Å². The highest BCUT2D eigenvalue weighted by atomic mass is 16.5. The van der Waals surface area contributed by atoms with Crippen LogP contribution in [-0.4, -0.2) is 62.7 Å². The molecule has 0 spiro atoms. The second kappa shape index (κ2) is 12.9. The summed E-state index contributed by atoms with van der Waals surface area (Å²) in [7, 11) is 0. The Bertz CT molecular complexity index is 1600. The Morgan fingerprint density at radius 1 is 0.762 bits per heavy atom. The van der Waals surface area contributed by atoms with E-state index in [9.17, 15) is 0 Å². The molecule has 0 N–H and O–H groups in total. The first-order valence-electron chi connectivity index (χ1n) is 14.5. The lowest BCUT2D eigenvalue weighted by molar-refractivity contribution is 0.113. The molecule has 1 aliphatic rings. The molecule has 1 saturated heterocycles. The third-order valence-corrected chi connectivity index (χ3v) is 7.79. The molecule has 4 aromatic carbocycles. The summed E-state index contributed by atoms with van der Waals surface area (Å²) in [6.45, 7) is 8.85. The fraction of sp³-hybridized carbons (Fsp3) is 0.229. The number of rotatable bonds is 9. The van der Waals surface area contributed by atoms with Crippen LogP contribution in [-0.2, 0) is 0 Å². The molecule has 1 atom stereocenters. The summed E-state index contributed by atoms with van der Waals surface area (Å²) in [6, 6.07) is 34.8. The first kappa shape index (κ1) is 27.6. The number of hydrogen-bond donors (Lipinski definition) is 0. The SMILES string of the molecule is Cc1cccc(C)c1-n1nnnc1[C@H](c1cccc(Oc2ccccc2)c1)N1CCN(C/C=C/c2ccccc2)CC1. The number of para-hydroxylation sites is 2. The smallest absolute Gasteiger partial charge is 0.178 e. The lowest BCUT2D eigenvalue weighted by Gasteiger charge is -2.38. The van der Waals surface area contributed by atoms with Gasteiger partial charge in [-0.25, -0.2) is 0 Å². The highest BCUT2D eigenvalue weighted by molar-refractivity contribution is 5.49. The minimum absolute atomic E-state index is 0.139. The van der Waals surface area contributed by atoms with Crippen LogP contribution in [0.25, 0.3) is 11.8 Å². The number of hydrogen-bond acceptors (Lipinski definition) is 6. The van der Waals surface area contributed by atoms with E-state index in [4.69, 9.17) is 4.74 Å². The fourth-order valence-electron chi connectivity index (χ4n) is 5.67. The van der Waals surface area contributed by atoms with Gasteiger partial charge in [0, 0.05) is 32.7 Å². The normalized spacial score (nSPS) is 15.2. The summed E-state index contributed by atoms with van der Waals surface area (Å²) in [4.78, 5) is 4.99. The predicted molar refractivity (Wildman–Crippen MR) is 167 cm³/mol. The number of tetrazole rings is 1.